The number of ether oxygens (including phenoxy) is 1. The summed E-state index contributed by atoms with van der Waals surface area (Å²) in [6.45, 7) is 2.79. The minimum absolute atomic E-state index is 0.0300. The summed E-state index contributed by atoms with van der Waals surface area (Å²) >= 11 is 0. The van der Waals surface area contributed by atoms with Crippen molar-refractivity contribution in [1.29, 1.82) is 0 Å². The number of piperidine rings is 1. The van der Waals surface area contributed by atoms with Crippen molar-refractivity contribution in [2.75, 3.05) is 31.6 Å². The summed E-state index contributed by atoms with van der Waals surface area (Å²) in [5, 5.41) is 5.19. The van der Waals surface area contributed by atoms with E-state index in [-0.39, 0.29) is 23.1 Å². The van der Waals surface area contributed by atoms with Gasteiger partial charge >= 0.3 is 0 Å². The van der Waals surface area contributed by atoms with E-state index in [1.54, 1.807) is 49.4 Å². The molecule has 9 heteroatoms. The first-order valence-electron chi connectivity index (χ1n) is 10.3. The minimum Gasteiger partial charge on any atom is -0.492 e. The summed E-state index contributed by atoms with van der Waals surface area (Å²) in [5.74, 6) is -0.575. The van der Waals surface area contributed by atoms with Crippen molar-refractivity contribution in [1.82, 2.24) is 9.62 Å². The number of nitrogens with one attached hydrogen (secondary N) is 2. The normalized spacial score (nSPS) is 14.6. The van der Waals surface area contributed by atoms with E-state index in [2.05, 4.69) is 10.6 Å². The fraction of sp³-hybridized carbons (Fsp3) is 0.364. The Hall–Kier alpha value is -2.91. The van der Waals surface area contributed by atoms with Crippen LogP contribution in [-0.4, -0.2) is 50.8 Å². The van der Waals surface area contributed by atoms with Gasteiger partial charge in [-0.15, -0.1) is 0 Å². The van der Waals surface area contributed by atoms with Crippen LogP contribution in [0, 0.1) is 0 Å². The Morgan fingerprint density at radius 2 is 1.74 bits per heavy atom. The number of amides is 2. The van der Waals surface area contributed by atoms with E-state index >= 15 is 0 Å². The number of anilines is 1. The van der Waals surface area contributed by atoms with Gasteiger partial charge in [0.05, 0.1) is 13.2 Å². The lowest BCUT2D eigenvalue weighted by atomic mass is 10.2. The lowest BCUT2D eigenvalue weighted by Gasteiger charge is -2.27. The molecule has 2 aromatic carbocycles. The van der Waals surface area contributed by atoms with Crippen molar-refractivity contribution >= 4 is 27.5 Å². The van der Waals surface area contributed by atoms with E-state index in [1.165, 1.54) is 10.4 Å². The average Bonchev–Trinajstić information content (AvgIpc) is 2.79. The number of carbonyl (C=O) groups is 2. The molecule has 2 amide bonds. The van der Waals surface area contributed by atoms with Gasteiger partial charge in [-0.25, -0.2) is 8.42 Å². The van der Waals surface area contributed by atoms with E-state index in [1.807, 2.05) is 0 Å². The summed E-state index contributed by atoms with van der Waals surface area (Å²) in [6.07, 6.45) is 2.65. The van der Waals surface area contributed by atoms with Gasteiger partial charge < -0.3 is 15.4 Å². The van der Waals surface area contributed by atoms with Gasteiger partial charge in [0.1, 0.15) is 10.6 Å². The molecule has 2 aromatic rings. The quantitative estimate of drug-likeness (QED) is 0.650. The van der Waals surface area contributed by atoms with Crippen molar-refractivity contribution in [2.45, 2.75) is 31.1 Å². The van der Waals surface area contributed by atoms with Crippen LogP contribution in [0.2, 0.25) is 0 Å². The van der Waals surface area contributed by atoms with Crippen LogP contribution >= 0.6 is 0 Å². The van der Waals surface area contributed by atoms with Gasteiger partial charge in [0.15, 0.2) is 0 Å². The van der Waals surface area contributed by atoms with Crippen LogP contribution in [0.4, 0.5) is 5.69 Å². The molecular formula is C22H27N3O5S. The molecule has 0 spiro atoms. The van der Waals surface area contributed by atoms with E-state index < -0.39 is 15.9 Å². The van der Waals surface area contributed by atoms with Crippen molar-refractivity contribution in [3.8, 4) is 5.75 Å². The Labute approximate surface area is 182 Å². The van der Waals surface area contributed by atoms with Gasteiger partial charge in [0.2, 0.25) is 15.9 Å². The number of sulfonamides is 1. The topological polar surface area (TPSA) is 105 Å². The molecule has 1 heterocycles. The zero-order valence-electron chi connectivity index (χ0n) is 17.5. The highest BCUT2D eigenvalue weighted by atomic mass is 32.2. The van der Waals surface area contributed by atoms with Gasteiger partial charge in [-0.1, -0.05) is 24.6 Å². The highest BCUT2D eigenvalue weighted by molar-refractivity contribution is 7.89. The van der Waals surface area contributed by atoms with Gasteiger partial charge in [0.25, 0.3) is 5.91 Å². The monoisotopic (exact) mass is 445 g/mol. The maximum atomic E-state index is 13.2. The Balaban J connectivity index is 1.72. The smallest absolute Gasteiger partial charge is 0.251 e. The van der Waals surface area contributed by atoms with Crippen LogP contribution < -0.4 is 15.4 Å². The van der Waals surface area contributed by atoms with Crippen LogP contribution in [0.1, 0.15) is 36.5 Å². The van der Waals surface area contributed by atoms with Crippen LogP contribution in [0.25, 0.3) is 0 Å². The van der Waals surface area contributed by atoms with Gasteiger partial charge in [-0.3, -0.25) is 9.59 Å². The molecule has 2 N–H and O–H groups in total. The third-order valence-electron chi connectivity index (χ3n) is 4.91. The molecule has 0 bridgehead atoms. The molecule has 0 saturated carbocycles. The first-order chi connectivity index (χ1) is 14.9. The van der Waals surface area contributed by atoms with Gasteiger partial charge in [-0.05, 0) is 50.1 Å². The molecule has 31 heavy (non-hydrogen) atoms. The first kappa shape index (κ1) is 22.8. The zero-order chi connectivity index (χ0) is 22.3. The van der Waals surface area contributed by atoms with Crippen LogP contribution in [-0.2, 0) is 14.8 Å². The first-order valence-corrected chi connectivity index (χ1v) is 11.8. The summed E-state index contributed by atoms with van der Waals surface area (Å²) in [7, 11) is -3.75. The fourth-order valence-corrected chi connectivity index (χ4v) is 5.04. The lowest BCUT2D eigenvalue weighted by Crippen LogP contribution is -2.36. The highest BCUT2D eigenvalue weighted by Gasteiger charge is 2.29. The Morgan fingerprint density at radius 3 is 2.42 bits per heavy atom. The standard InChI is InChI=1S/C22H27N3O5S/c1-2-30-19-12-11-18(15-20(19)31(28,29)25-13-7-4-8-14-25)24-21(26)16-23-22(27)17-9-5-3-6-10-17/h3,5-6,9-12,15H,2,4,7-8,13-14,16H2,1H3,(H,23,27)(H,24,26). The number of hydrogen-bond donors (Lipinski definition) is 2. The maximum Gasteiger partial charge on any atom is 0.251 e. The fourth-order valence-electron chi connectivity index (χ4n) is 3.36. The van der Waals surface area contributed by atoms with Crippen molar-refractivity contribution in [2.24, 2.45) is 0 Å². The number of rotatable bonds is 8. The molecule has 1 saturated heterocycles. The second-order valence-electron chi connectivity index (χ2n) is 7.16. The number of benzene rings is 2. The molecule has 0 atom stereocenters. The average molecular weight is 446 g/mol. The Kier molecular flexibility index (Phi) is 7.64. The van der Waals surface area contributed by atoms with E-state index in [4.69, 9.17) is 4.74 Å². The molecule has 0 unspecified atom stereocenters. The van der Waals surface area contributed by atoms with E-state index in [9.17, 15) is 18.0 Å². The SMILES string of the molecule is CCOc1ccc(NC(=O)CNC(=O)c2ccccc2)cc1S(=O)(=O)N1CCCCC1. The third kappa shape index (κ3) is 5.83. The number of hydrogen-bond acceptors (Lipinski definition) is 5. The Morgan fingerprint density at radius 1 is 1.03 bits per heavy atom. The van der Waals surface area contributed by atoms with Gasteiger partial charge in [-0.2, -0.15) is 4.31 Å². The summed E-state index contributed by atoms with van der Waals surface area (Å²) in [5.41, 5.74) is 0.768. The summed E-state index contributed by atoms with van der Waals surface area (Å²) in [4.78, 5) is 24.4. The second kappa shape index (κ2) is 10.4. The van der Waals surface area contributed by atoms with Crippen LogP contribution in [0.5, 0.6) is 5.75 Å². The third-order valence-corrected chi connectivity index (χ3v) is 6.83. The molecule has 1 aliphatic rings. The molecular weight excluding hydrogens is 418 g/mol. The molecule has 0 aromatic heterocycles. The van der Waals surface area contributed by atoms with Gasteiger partial charge in [0, 0.05) is 24.3 Å². The predicted octanol–water partition coefficient (Wildman–Crippen LogP) is 2.63. The van der Waals surface area contributed by atoms with Crippen molar-refractivity contribution in [3.63, 3.8) is 0 Å². The van der Waals surface area contributed by atoms with Crippen LogP contribution in [0.3, 0.4) is 0 Å². The molecule has 0 aliphatic carbocycles. The summed E-state index contributed by atoms with van der Waals surface area (Å²) in [6, 6.07) is 13.1. The number of carbonyl (C=O) groups excluding carboxylic acids is 2. The molecule has 0 radical (unpaired) electrons. The van der Waals surface area contributed by atoms with Crippen LogP contribution in [0.15, 0.2) is 53.4 Å². The molecule has 166 valence electrons. The Bertz CT molecular complexity index is 1020. The minimum atomic E-state index is -3.75. The van der Waals surface area contributed by atoms with E-state index in [0.717, 1.165) is 19.3 Å². The molecule has 1 fully saturated rings. The highest BCUT2D eigenvalue weighted by Crippen LogP contribution is 2.31. The predicted molar refractivity (Wildman–Crippen MR) is 118 cm³/mol. The molecule has 1 aliphatic heterocycles. The maximum absolute atomic E-state index is 13.2. The molecule has 8 nitrogen and oxygen atoms in total. The second-order valence-corrected chi connectivity index (χ2v) is 9.06. The lowest BCUT2D eigenvalue weighted by molar-refractivity contribution is -0.115. The largest absolute Gasteiger partial charge is 0.492 e. The van der Waals surface area contributed by atoms with Crippen molar-refractivity contribution < 1.29 is 22.7 Å². The summed E-state index contributed by atoms with van der Waals surface area (Å²) < 4.78 is 33.3. The van der Waals surface area contributed by atoms with E-state index in [0.29, 0.717) is 30.9 Å². The zero-order valence-corrected chi connectivity index (χ0v) is 18.3. The molecule has 3 rings (SSSR count). The van der Waals surface area contributed by atoms with Crippen molar-refractivity contribution in [3.05, 3.63) is 54.1 Å². The number of nitrogens with zero attached hydrogens (tertiary/aromatic N) is 1.